The molecule has 0 aliphatic carbocycles. The highest BCUT2D eigenvalue weighted by molar-refractivity contribution is 5.95. The van der Waals surface area contributed by atoms with E-state index in [9.17, 15) is 43.8 Å². The van der Waals surface area contributed by atoms with Crippen molar-refractivity contribution < 1.29 is 48.5 Å². The van der Waals surface area contributed by atoms with E-state index in [1.807, 2.05) is 50.3 Å². The highest BCUT2D eigenvalue weighted by Gasteiger charge is 2.37. The first-order valence-electron chi connectivity index (χ1n) is 19.7. The van der Waals surface area contributed by atoms with Gasteiger partial charge >= 0.3 is 11.9 Å². The second-order valence-electron chi connectivity index (χ2n) is 14.9. The molecule has 2 rings (SSSR count). The van der Waals surface area contributed by atoms with Gasteiger partial charge in [-0.3, -0.25) is 29.0 Å². The van der Waals surface area contributed by atoms with Crippen molar-refractivity contribution in [1.82, 2.24) is 26.2 Å². The standard InChI is InChI=1S/C41H62N8O10/c1-8-31-38(54)48-34(40(57)58)26(5)36(52)46-29(15-12-20-44-41(42)43)37(53)45-28(25(4)35(51)47-30(39(55)56)18-19-33(50)49(31)6)17-16-23(2)21-24(3)32(59-7)22-27-13-10-9-11-14-27/h9-11,13-14,16-17,21,24-26,28-32,34H,8,12,15,18-20,22H2,1-7H3,(H,45,53)(H,46,52)(H,47,51)(H,48,54)(H,55,56)(H,57,58)(H4,42,43,44)/b17-16+,23-21+. The molecule has 1 heterocycles. The number of carbonyl (C=O) groups is 7. The van der Waals surface area contributed by atoms with Crippen molar-refractivity contribution in [2.24, 2.45) is 34.2 Å². The number of guanidine groups is 1. The van der Waals surface area contributed by atoms with E-state index in [0.717, 1.165) is 16.0 Å². The molecule has 0 bridgehead atoms. The minimum atomic E-state index is -1.76. The number of amides is 5. The molecular formula is C41H62N8O10. The average molecular weight is 827 g/mol. The molecule has 10 N–H and O–H groups in total. The molecule has 0 radical (unpaired) electrons. The van der Waals surface area contributed by atoms with E-state index < -0.39 is 83.5 Å². The third-order valence-corrected chi connectivity index (χ3v) is 10.4. The molecule has 1 saturated heterocycles. The predicted molar refractivity (Wildman–Crippen MR) is 220 cm³/mol. The third-order valence-electron chi connectivity index (χ3n) is 10.4. The number of hydrogen-bond acceptors (Lipinski definition) is 9. The molecule has 326 valence electrons. The van der Waals surface area contributed by atoms with Crippen molar-refractivity contribution in [3.8, 4) is 0 Å². The fraction of sp³-hybridized carbons (Fsp3) is 0.561. The molecule has 0 spiro atoms. The van der Waals surface area contributed by atoms with Gasteiger partial charge in [-0.25, -0.2) is 9.59 Å². The summed E-state index contributed by atoms with van der Waals surface area (Å²) in [5.74, 6) is -9.57. The van der Waals surface area contributed by atoms with E-state index in [4.69, 9.17) is 16.2 Å². The SMILES string of the molecule is CCC1C(=O)NC(C(=O)O)C(C)C(=O)NC(CCCN=C(N)N)C(=O)NC(/C=C/C(C)=C/C(C)C(Cc2ccccc2)OC)C(C)C(=O)NC(C(=O)O)CCC(=O)N1C. The topological polar surface area (TPSA) is 285 Å². The van der Waals surface area contributed by atoms with Crippen LogP contribution in [-0.4, -0.2) is 120 Å². The number of nitrogens with one attached hydrogen (secondary N) is 4. The number of likely N-dealkylation sites (N-methyl/N-ethyl adjacent to an activating group) is 1. The van der Waals surface area contributed by atoms with E-state index in [2.05, 4.69) is 26.3 Å². The van der Waals surface area contributed by atoms with Crippen molar-refractivity contribution >= 4 is 47.4 Å². The summed E-state index contributed by atoms with van der Waals surface area (Å²) in [6.45, 7) is 8.27. The van der Waals surface area contributed by atoms with Crippen LogP contribution in [0.4, 0.5) is 0 Å². The van der Waals surface area contributed by atoms with Crippen LogP contribution in [0.25, 0.3) is 0 Å². The normalized spacial score (nSPS) is 25.6. The van der Waals surface area contributed by atoms with Gasteiger partial charge in [0.25, 0.3) is 0 Å². The quantitative estimate of drug-likeness (QED) is 0.0561. The summed E-state index contributed by atoms with van der Waals surface area (Å²) < 4.78 is 5.79. The maximum atomic E-state index is 14.1. The molecule has 5 amide bonds. The molecule has 18 heteroatoms. The van der Waals surface area contributed by atoms with Crippen molar-refractivity contribution in [2.45, 2.75) is 109 Å². The maximum absolute atomic E-state index is 14.1. The number of carbonyl (C=O) groups excluding carboxylic acids is 5. The zero-order chi connectivity index (χ0) is 44.4. The van der Waals surface area contributed by atoms with Crippen LogP contribution in [0.3, 0.4) is 0 Å². The lowest BCUT2D eigenvalue weighted by Gasteiger charge is -2.29. The fourth-order valence-corrected chi connectivity index (χ4v) is 6.62. The number of carboxylic acids is 2. The number of aliphatic imine (C=N–C) groups is 1. The Kier molecular flexibility index (Phi) is 20.3. The van der Waals surface area contributed by atoms with Crippen LogP contribution in [0.1, 0.15) is 72.3 Å². The van der Waals surface area contributed by atoms with Crippen LogP contribution in [0.2, 0.25) is 0 Å². The summed E-state index contributed by atoms with van der Waals surface area (Å²) in [5, 5.41) is 30.3. The number of methoxy groups -OCH3 is 1. The van der Waals surface area contributed by atoms with Crippen molar-refractivity contribution in [2.75, 3.05) is 20.7 Å². The van der Waals surface area contributed by atoms with Gasteiger partial charge in [0, 0.05) is 33.0 Å². The number of benzene rings is 1. The number of rotatable bonds is 14. The van der Waals surface area contributed by atoms with Gasteiger partial charge in [-0.1, -0.05) is 81.8 Å². The lowest BCUT2D eigenvalue weighted by molar-refractivity contribution is -0.148. The van der Waals surface area contributed by atoms with Crippen LogP contribution in [0.15, 0.2) is 59.1 Å². The van der Waals surface area contributed by atoms with E-state index in [1.165, 1.54) is 20.9 Å². The Labute approximate surface area is 345 Å². The number of aliphatic carboxylic acids is 2. The molecule has 1 aromatic carbocycles. The summed E-state index contributed by atoms with van der Waals surface area (Å²) in [4.78, 5) is 97.8. The van der Waals surface area contributed by atoms with Crippen LogP contribution in [-0.2, 0) is 44.7 Å². The molecule has 0 saturated carbocycles. The number of nitrogens with zero attached hydrogens (tertiary/aromatic N) is 2. The van der Waals surface area contributed by atoms with Crippen molar-refractivity contribution in [1.29, 1.82) is 0 Å². The van der Waals surface area contributed by atoms with E-state index >= 15 is 0 Å². The molecule has 0 aromatic heterocycles. The molecule has 59 heavy (non-hydrogen) atoms. The maximum Gasteiger partial charge on any atom is 0.327 e. The molecule has 9 unspecified atom stereocenters. The second-order valence-corrected chi connectivity index (χ2v) is 14.9. The first-order chi connectivity index (χ1) is 27.8. The zero-order valence-corrected chi connectivity index (χ0v) is 35.0. The molecule has 18 nitrogen and oxygen atoms in total. The first kappa shape index (κ1) is 49.4. The van der Waals surface area contributed by atoms with Crippen LogP contribution in [0.5, 0.6) is 0 Å². The van der Waals surface area contributed by atoms with Crippen LogP contribution >= 0.6 is 0 Å². The van der Waals surface area contributed by atoms with Gasteiger partial charge < -0.3 is 52.6 Å². The Morgan fingerprint density at radius 2 is 1.59 bits per heavy atom. The Morgan fingerprint density at radius 3 is 2.17 bits per heavy atom. The monoisotopic (exact) mass is 826 g/mol. The van der Waals surface area contributed by atoms with Crippen molar-refractivity contribution in [3.05, 3.63) is 59.7 Å². The highest BCUT2D eigenvalue weighted by Crippen LogP contribution is 2.19. The summed E-state index contributed by atoms with van der Waals surface area (Å²) in [6, 6.07) is 3.04. The number of nitrogens with two attached hydrogens (primary N) is 2. The van der Waals surface area contributed by atoms with Gasteiger partial charge in [0.2, 0.25) is 29.5 Å². The zero-order valence-electron chi connectivity index (χ0n) is 35.0. The molecule has 1 aliphatic heterocycles. The summed E-state index contributed by atoms with van der Waals surface area (Å²) >= 11 is 0. The smallest absolute Gasteiger partial charge is 0.327 e. The fourth-order valence-electron chi connectivity index (χ4n) is 6.62. The lowest BCUT2D eigenvalue weighted by atomic mass is 9.94. The van der Waals surface area contributed by atoms with Crippen molar-refractivity contribution in [3.63, 3.8) is 0 Å². The van der Waals surface area contributed by atoms with Gasteiger partial charge in [-0.15, -0.1) is 0 Å². The van der Waals surface area contributed by atoms with Gasteiger partial charge in [0.15, 0.2) is 5.96 Å². The Balaban J connectivity index is 2.62. The van der Waals surface area contributed by atoms with E-state index in [1.54, 1.807) is 26.2 Å². The molecule has 1 aromatic rings. The Hall–Kier alpha value is -5.78. The Morgan fingerprint density at radius 1 is 0.949 bits per heavy atom. The number of allylic oxidation sites excluding steroid dienone is 2. The van der Waals surface area contributed by atoms with E-state index in [0.29, 0.717) is 6.42 Å². The Bertz CT molecular complexity index is 1710. The van der Waals surface area contributed by atoms with Gasteiger partial charge in [0.05, 0.1) is 24.0 Å². The predicted octanol–water partition coefficient (Wildman–Crippen LogP) is 0.848. The van der Waals surface area contributed by atoms with Gasteiger partial charge in [0.1, 0.15) is 24.2 Å². The minimum absolute atomic E-state index is 0.0235. The van der Waals surface area contributed by atoms with Crippen LogP contribution < -0.4 is 32.7 Å². The molecule has 9 atom stereocenters. The highest BCUT2D eigenvalue weighted by atomic mass is 16.5. The number of hydrogen-bond donors (Lipinski definition) is 8. The van der Waals surface area contributed by atoms with E-state index in [-0.39, 0.29) is 56.6 Å². The van der Waals surface area contributed by atoms with Crippen LogP contribution in [0, 0.1) is 17.8 Å². The average Bonchev–Trinajstić information content (AvgIpc) is 3.19. The third kappa shape index (κ3) is 15.8. The molecular weight excluding hydrogens is 764 g/mol. The number of ether oxygens (including phenoxy) is 1. The summed E-state index contributed by atoms with van der Waals surface area (Å²) in [5.41, 5.74) is 12.8. The minimum Gasteiger partial charge on any atom is -0.480 e. The summed E-state index contributed by atoms with van der Waals surface area (Å²) in [7, 11) is 2.95. The molecule has 1 aliphatic rings. The number of carboxylic acid groups (broad SMARTS) is 2. The second kappa shape index (κ2) is 24.2. The largest absolute Gasteiger partial charge is 0.480 e. The van der Waals surface area contributed by atoms with Gasteiger partial charge in [-0.2, -0.15) is 0 Å². The lowest BCUT2D eigenvalue weighted by Crippen LogP contribution is -2.57. The molecule has 1 fully saturated rings. The first-order valence-corrected chi connectivity index (χ1v) is 19.7. The summed E-state index contributed by atoms with van der Waals surface area (Å²) in [6.07, 6.45) is 5.26. The van der Waals surface area contributed by atoms with Gasteiger partial charge in [-0.05, 0) is 44.6 Å².